The number of halogens is 1. The van der Waals surface area contributed by atoms with Crippen molar-refractivity contribution < 1.29 is 22.1 Å². The Bertz CT molecular complexity index is 979. The summed E-state index contributed by atoms with van der Waals surface area (Å²) in [5.41, 5.74) is 1.20. The molecule has 0 spiro atoms. The molecule has 0 radical (unpaired) electrons. The standard InChI is InChI=1S/C20H27FN4O4S/c1-14-20(16(3)29-22-14)30(27,28)25-11-9-24(10-12-25)13-19(26)23(4)15(2)17-5-7-18(21)8-6-17/h5-8,15H,9-13H2,1-4H3. The van der Waals surface area contributed by atoms with Crippen molar-refractivity contribution >= 4 is 15.9 Å². The molecule has 3 rings (SSSR count). The van der Waals surface area contributed by atoms with E-state index in [2.05, 4.69) is 5.16 Å². The molecule has 10 heteroatoms. The lowest BCUT2D eigenvalue weighted by Gasteiger charge is -2.35. The van der Waals surface area contributed by atoms with Crippen LogP contribution in [0.25, 0.3) is 0 Å². The number of piperazine rings is 1. The summed E-state index contributed by atoms with van der Waals surface area (Å²) in [6.45, 7) is 6.75. The molecule has 1 aromatic carbocycles. The lowest BCUT2D eigenvalue weighted by molar-refractivity contribution is -0.133. The molecule has 30 heavy (non-hydrogen) atoms. The van der Waals surface area contributed by atoms with Gasteiger partial charge in [-0.1, -0.05) is 17.3 Å². The molecule has 8 nitrogen and oxygen atoms in total. The summed E-state index contributed by atoms with van der Waals surface area (Å²) in [6, 6.07) is 5.90. The molecule has 0 N–H and O–H groups in total. The minimum atomic E-state index is -3.68. The van der Waals surface area contributed by atoms with Gasteiger partial charge in [0.1, 0.15) is 16.4 Å². The van der Waals surface area contributed by atoms with E-state index in [1.165, 1.54) is 16.4 Å². The smallest absolute Gasteiger partial charge is 0.248 e. The van der Waals surface area contributed by atoms with Crippen LogP contribution in [0.5, 0.6) is 0 Å². The highest BCUT2D eigenvalue weighted by molar-refractivity contribution is 7.89. The molecule has 1 aliphatic heterocycles. The number of amides is 1. The van der Waals surface area contributed by atoms with Crippen molar-refractivity contribution in [2.45, 2.75) is 31.7 Å². The zero-order valence-electron chi connectivity index (χ0n) is 17.6. The van der Waals surface area contributed by atoms with Gasteiger partial charge in [0.25, 0.3) is 0 Å². The minimum Gasteiger partial charge on any atom is -0.360 e. The summed E-state index contributed by atoms with van der Waals surface area (Å²) >= 11 is 0. The quantitative estimate of drug-likeness (QED) is 0.685. The number of aryl methyl sites for hydroxylation is 2. The van der Waals surface area contributed by atoms with Crippen molar-refractivity contribution in [3.05, 3.63) is 47.1 Å². The number of nitrogens with zero attached hydrogens (tertiary/aromatic N) is 4. The molecule has 0 saturated carbocycles. The van der Waals surface area contributed by atoms with Crippen molar-refractivity contribution in [2.75, 3.05) is 39.8 Å². The van der Waals surface area contributed by atoms with Crippen molar-refractivity contribution in [3.63, 3.8) is 0 Å². The minimum absolute atomic E-state index is 0.0751. The molecule has 1 unspecified atom stereocenters. The van der Waals surface area contributed by atoms with Crippen LogP contribution >= 0.6 is 0 Å². The van der Waals surface area contributed by atoms with Gasteiger partial charge in [-0.2, -0.15) is 4.31 Å². The Morgan fingerprint density at radius 3 is 2.33 bits per heavy atom. The van der Waals surface area contributed by atoms with Gasteiger partial charge in [0.15, 0.2) is 5.76 Å². The van der Waals surface area contributed by atoms with E-state index in [4.69, 9.17) is 4.52 Å². The molecule has 2 heterocycles. The highest BCUT2D eigenvalue weighted by Crippen LogP contribution is 2.24. The number of sulfonamides is 1. The van der Waals surface area contributed by atoms with Crippen molar-refractivity contribution in [2.24, 2.45) is 0 Å². The predicted octanol–water partition coefficient (Wildman–Crippen LogP) is 1.96. The molecule has 164 valence electrons. The Balaban J connectivity index is 1.57. The fraction of sp³-hybridized carbons (Fsp3) is 0.500. The van der Waals surface area contributed by atoms with Gasteiger partial charge in [-0.3, -0.25) is 9.69 Å². The number of rotatable bonds is 6. The number of carbonyl (C=O) groups excluding carboxylic acids is 1. The summed E-state index contributed by atoms with van der Waals surface area (Å²) in [4.78, 5) is 16.4. The molecule has 1 aromatic heterocycles. The molecule has 1 aliphatic rings. The Kier molecular flexibility index (Phi) is 6.59. The van der Waals surface area contributed by atoms with Gasteiger partial charge >= 0.3 is 0 Å². The molecule has 2 aromatic rings. The monoisotopic (exact) mass is 438 g/mol. The third-order valence-electron chi connectivity index (χ3n) is 5.58. The Labute approximate surface area is 176 Å². The van der Waals surface area contributed by atoms with E-state index in [1.807, 2.05) is 11.8 Å². The molecule has 0 bridgehead atoms. The second kappa shape index (κ2) is 8.83. The Hall–Kier alpha value is -2.30. The first-order chi connectivity index (χ1) is 14.1. The van der Waals surface area contributed by atoms with Gasteiger partial charge < -0.3 is 9.42 Å². The van der Waals surface area contributed by atoms with Crippen molar-refractivity contribution in [3.8, 4) is 0 Å². The second-order valence-corrected chi connectivity index (χ2v) is 9.44. The fourth-order valence-electron chi connectivity index (χ4n) is 3.58. The van der Waals surface area contributed by atoms with Gasteiger partial charge in [-0.05, 0) is 38.5 Å². The summed E-state index contributed by atoms with van der Waals surface area (Å²) in [6.07, 6.45) is 0. The van der Waals surface area contributed by atoms with E-state index < -0.39 is 10.0 Å². The van der Waals surface area contributed by atoms with E-state index in [1.54, 1.807) is 37.9 Å². The first-order valence-electron chi connectivity index (χ1n) is 9.77. The zero-order valence-corrected chi connectivity index (χ0v) is 18.4. The summed E-state index contributed by atoms with van der Waals surface area (Å²) < 4.78 is 45.3. The largest absolute Gasteiger partial charge is 0.360 e. The molecular formula is C20H27FN4O4S. The molecule has 1 atom stereocenters. The third kappa shape index (κ3) is 4.55. The first kappa shape index (κ1) is 22.4. The molecule has 1 amide bonds. The van der Waals surface area contributed by atoms with Gasteiger partial charge in [0, 0.05) is 33.2 Å². The number of carbonyl (C=O) groups is 1. The van der Waals surface area contributed by atoms with E-state index in [0.29, 0.717) is 18.8 Å². The second-order valence-electron chi connectivity index (χ2n) is 7.57. The summed E-state index contributed by atoms with van der Waals surface area (Å²) in [5, 5.41) is 3.74. The topological polar surface area (TPSA) is 87.0 Å². The van der Waals surface area contributed by atoms with Crippen LogP contribution in [0.15, 0.2) is 33.7 Å². The lowest BCUT2D eigenvalue weighted by Crippen LogP contribution is -2.51. The summed E-state index contributed by atoms with van der Waals surface area (Å²) in [7, 11) is -1.96. The van der Waals surface area contributed by atoms with Crippen LogP contribution in [0.4, 0.5) is 4.39 Å². The molecule has 1 fully saturated rings. The van der Waals surface area contributed by atoms with Gasteiger partial charge in [0.2, 0.25) is 15.9 Å². The first-order valence-corrected chi connectivity index (χ1v) is 11.2. The predicted molar refractivity (Wildman–Crippen MR) is 109 cm³/mol. The third-order valence-corrected chi connectivity index (χ3v) is 7.73. The van der Waals surface area contributed by atoms with Gasteiger partial charge in [-0.15, -0.1) is 0 Å². The maximum absolute atomic E-state index is 13.1. The van der Waals surface area contributed by atoms with Crippen molar-refractivity contribution in [1.29, 1.82) is 0 Å². The Morgan fingerprint density at radius 2 is 1.80 bits per heavy atom. The number of likely N-dealkylation sites (N-methyl/N-ethyl adjacent to an activating group) is 1. The van der Waals surface area contributed by atoms with Gasteiger partial charge in [0.05, 0.1) is 12.6 Å². The average Bonchev–Trinajstić information content (AvgIpc) is 3.06. The number of benzene rings is 1. The maximum atomic E-state index is 13.1. The highest BCUT2D eigenvalue weighted by Gasteiger charge is 2.34. The van der Waals surface area contributed by atoms with Crippen LogP contribution in [0, 0.1) is 19.7 Å². The number of aromatic nitrogens is 1. The van der Waals surface area contributed by atoms with Gasteiger partial charge in [-0.25, -0.2) is 12.8 Å². The van der Waals surface area contributed by atoms with Crippen LogP contribution < -0.4 is 0 Å². The van der Waals surface area contributed by atoms with E-state index in [-0.39, 0.29) is 48.1 Å². The highest BCUT2D eigenvalue weighted by atomic mass is 32.2. The van der Waals surface area contributed by atoms with E-state index >= 15 is 0 Å². The van der Waals surface area contributed by atoms with Crippen LogP contribution in [-0.2, 0) is 14.8 Å². The maximum Gasteiger partial charge on any atom is 0.248 e. The Morgan fingerprint density at radius 1 is 1.20 bits per heavy atom. The average molecular weight is 439 g/mol. The van der Waals surface area contributed by atoms with Crippen LogP contribution in [0.2, 0.25) is 0 Å². The van der Waals surface area contributed by atoms with Crippen LogP contribution in [0.3, 0.4) is 0 Å². The van der Waals surface area contributed by atoms with Crippen LogP contribution in [-0.4, -0.2) is 73.4 Å². The van der Waals surface area contributed by atoms with Crippen molar-refractivity contribution in [1.82, 2.24) is 19.3 Å². The normalized spacial score (nSPS) is 17.1. The van der Waals surface area contributed by atoms with Crippen LogP contribution in [0.1, 0.15) is 30.0 Å². The zero-order chi connectivity index (χ0) is 22.1. The molecular weight excluding hydrogens is 411 g/mol. The number of hydrogen-bond donors (Lipinski definition) is 0. The van der Waals surface area contributed by atoms with E-state index in [9.17, 15) is 17.6 Å². The molecule has 0 aliphatic carbocycles. The SMILES string of the molecule is Cc1noc(C)c1S(=O)(=O)N1CCN(CC(=O)N(C)C(C)c2ccc(F)cc2)CC1. The number of hydrogen-bond acceptors (Lipinski definition) is 6. The van der Waals surface area contributed by atoms with E-state index in [0.717, 1.165) is 5.56 Å². The lowest BCUT2D eigenvalue weighted by atomic mass is 10.1. The summed E-state index contributed by atoms with van der Waals surface area (Å²) in [5.74, 6) is -0.111. The molecule has 1 saturated heterocycles. The fourth-order valence-corrected chi connectivity index (χ4v) is 5.30.